The van der Waals surface area contributed by atoms with Crippen LogP contribution in [0.1, 0.15) is 52.5 Å². The average Bonchev–Trinajstić information content (AvgIpc) is 2.79. The van der Waals surface area contributed by atoms with E-state index in [2.05, 4.69) is 63.1 Å². The largest absolute Gasteiger partial charge is 0.302 e. The standard InChI is InChI=1S/C16H22N2S/c1-10-6-7-15(8-11(10)2)13(4)18-14(5)16-17-9-12(3)19-16/h6-9,13-14,18H,1-5H3. The van der Waals surface area contributed by atoms with Crippen LogP contribution < -0.4 is 5.32 Å². The molecule has 1 N–H and O–H groups in total. The summed E-state index contributed by atoms with van der Waals surface area (Å²) in [6.45, 7) is 10.8. The Labute approximate surface area is 119 Å². The first kappa shape index (κ1) is 14.2. The highest BCUT2D eigenvalue weighted by atomic mass is 32.1. The molecular formula is C16H22N2S. The molecule has 3 heteroatoms. The highest BCUT2D eigenvalue weighted by Gasteiger charge is 2.14. The maximum absolute atomic E-state index is 4.45. The number of aromatic nitrogens is 1. The Kier molecular flexibility index (Phi) is 4.38. The number of nitrogens with zero attached hydrogens (tertiary/aromatic N) is 1. The molecule has 0 saturated carbocycles. The van der Waals surface area contributed by atoms with E-state index in [1.54, 1.807) is 11.3 Å². The summed E-state index contributed by atoms with van der Waals surface area (Å²) in [5.74, 6) is 0. The predicted octanol–water partition coefficient (Wildman–Crippen LogP) is 4.48. The van der Waals surface area contributed by atoms with E-state index in [9.17, 15) is 0 Å². The molecule has 2 unspecified atom stereocenters. The van der Waals surface area contributed by atoms with Crippen molar-refractivity contribution in [1.82, 2.24) is 10.3 Å². The minimum Gasteiger partial charge on any atom is -0.302 e. The Balaban J connectivity index is 2.07. The summed E-state index contributed by atoms with van der Waals surface area (Å²) in [4.78, 5) is 5.72. The molecule has 1 heterocycles. The first-order chi connectivity index (χ1) is 8.97. The molecule has 0 spiro atoms. The van der Waals surface area contributed by atoms with Crippen molar-refractivity contribution in [2.75, 3.05) is 0 Å². The van der Waals surface area contributed by atoms with E-state index in [0.717, 1.165) is 5.01 Å². The van der Waals surface area contributed by atoms with Crippen LogP contribution in [0.25, 0.3) is 0 Å². The summed E-state index contributed by atoms with van der Waals surface area (Å²) in [5, 5.41) is 4.78. The summed E-state index contributed by atoms with van der Waals surface area (Å²) < 4.78 is 0. The highest BCUT2D eigenvalue weighted by molar-refractivity contribution is 7.11. The van der Waals surface area contributed by atoms with Gasteiger partial charge in [-0.3, -0.25) is 0 Å². The lowest BCUT2D eigenvalue weighted by Gasteiger charge is -2.19. The molecule has 19 heavy (non-hydrogen) atoms. The molecule has 0 aliphatic heterocycles. The van der Waals surface area contributed by atoms with E-state index >= 15 is 0 Å². The molecule has 0 aliphatic rings. The van der Waals surface area contributed by atoms with Crippen molar-refractivity contribution >= 4 is 11.3 Å². The second kappa shape index (κ2) is 5.85. The van der Waals surface area contributed by atoms with Gasteiger partial charge in [-0.15, -0.1) is 11.3 Å². The molecule has 2 nitrogen and oxygen atoms in total. The van der Waals surface area contributed by atoms with E-state index in [-0.39, 0.29) is 6.04 Å². The minimum atomic E-state index is 0.287. The van der Waals surface area contributed by atoms with Crippen LogP contribution in [0, 0.1) is 20.8 Å². The molecule has 102 valence electrons. The van der Waals surface area contributed by atoms with Crippen LogP contribution >= 0.6 is 11.3 Å². The normalized spacial score (nSPS) is 14.4. The number of aryl methyl sites for hydroxylation is 3. The van der Waals surface area contributed by atoms with Crippen LogP contribution in [0.5, 0.6) is 0 Å². The molecule has 0 bridgehead atoms. The number of benzene rings is 1. The van der Waals surface area contributed by atoms with Crippen LogP contribution in [0.15, 0.2) is 24.4 Å². The van der Waals surface area contributed by atoms with Crippen LogP contribution in [0.4, 0.5) is 0 Å². The van der Waals surface area contributed by atoms with Gasteiger partial charge in [-0.2, -0.15) is 0 Å². The molecule has 0 radical (unpaired) electrons. The Bertz CT molecular complexity index is 560. The topological polar surface area (TPSA) is 24.9 Å². The third-order valence-corrected chi connectivity index (χ3v) is 4.64. The number of hydrogen-bond acceptors (Lipinski definition) is 3. The van der Waals surface area contributed by atoms with Gasteiger partial charge in [0.15, 0.2) is 0 Å². The SMILES string of the molecule is Cc1cnc(C(C)NC(C)c2ccc(C)c(C)c2)s1. The average molecular weight is 274 g/mol. The smallest absolute Gasteiger partial charge is 0.109 e. The number of nitrogens with one attached hydrogen (secondary N) is 1. The lowest BCUT2D eigenvalue weighted by Crippen LogP contribution is -2.22. The van der Waals surface area contributed by atoms with Crippen LogP contribution in [0.3, 0.4) is 0 Å². The summed E-state index contributed by atoms with van der Waals surface area (Å²) >= 11 is 1.77. The van der Waals surface area contributed by atoms with E-state index in [1.807, 2.05) is 6.20 Å². The fourth-order valence-corrected chi connectivity index (χ4v) is 2.93. The van der Waals surface area contributed by atoms with Gasteiger partial charge in [0.1, 0.15) is 5.01 Å². The zero-order chi connectivity index (χ0) is 14.0. The van der Waals surface area contributed by atoms with Crippen LogP contribution in [-0.2, 0) is 0 Å². The molecule has 0 aliphatic carbocycles. The second-order valence-electron chi connectivity index (χ2n) is 5.26. The summed E-state index contributed by atoms with van der Waals surface area (Å²) in [6, 6.07) is 7.29. The molecule has 2 atom stereocenters. The zero-order valence-corrected chi connectivity index (χ0v) is 13.1. The molecule has 0 saturated heterocycles. The third-order valence-electron chi connectivity index (χ3n) is 3.54. The summed E-state index contributed by atoms with van der Waals surface area (Å²) in [7, 11) is 0. The van der Waals surface area contributed by atoms with Gasteiger partial charge >= 0.3 is 0 Å². The first-order valence-electron chi connectivity index (χ1n) is 6.73. The van der Waals surface area contributed by atoms with E-state index in [0.29, 0.717) is 6.04 Å². The van der Waals surface area contributed by atoms with Gasteiger partial charge in [-0.25, -0.2) is 4.98 Å². The van der Waals surface area contributed by atoms with Gasteiger partial charge in [0, 0.05) is 17.1 Å². The lowest BCUT2D eigenvalue weighted by atomic mass is 10.0. The van der Waals surface area contributed by atoms with Gasteiger partial charge in [0.05, 0.1) is 6.04 Å². The lowest BCUT2D eigenvalue weighted by molar-refractivity contribution is 0.493. The van der Waals surface area contributed by atoms with Gasteiger partial charge in [0.25, 0.3) is 0 Å². The van der Waals surface area contributed by atoms with Gasteiger partial charge in [-0.1, -0.05) is 18.2 Å². The highest BCUT2D eigenvalue weighted by Crippen LogP contribution is 2.23. The fourth-order valence-electron chi connectivity index (χ4n) is 2.15. The zero-order valence-electron chi connectivity index (χ0n) is 12.3. The van der Waals surface area contributed by atoms with Crippen LogP contribution in [-0.4, -0.2) is 4.98 Å². The number of hydrogen-bond donors (Lipinski definition) is 1. The fraction of sp³-hybridized carbons (Fsp3) is 0.438. The maximum atomic E-state index is 4.45. The number of rotatable bonds is 4. The molecule has 0 amide bonds. The van der Waals surface area contributed by atoms with Crippen LogP contribution in [0.2, 0.25) is 0 Å². The Morgan fingerprint density at radius 1 is 1.05 bits per heavy atom. The van der Waals surface area contributed by atoms with E-state index < -0.39 is 0 Å². The summed E-state index contributed by atoms with van der Waals surface area (Å²) in [6.07, 6.45) is 1.94. The molecule has 0 fully saturated rings. The van der Waals surface area contributed by atoms with Crippen molar-refractivity contribution in [2.45, 2.75) is 46.7 Å². The predicted molar refractivity (Wildman–Crippen MR) is 82.7 cm³/mol. The quantitative estimate of drug-likeness (QED) is 0.889. The Hall–Kier alpha value is -1.19. The monoisotopic (exact) mass is 274 g/mol. The van der Waals surface area contributed by atoms with Crippen molar-refractivity contribution < 1.29 is 0 Å². The molecule has 2 aromatic rings. The van der Waals surface area contributed by atoms with E-state index in [1.165, 1.54) is 21.6 Å². The van der Waals surface area contributed by atoms with Crippen molar-refractivity contribution in [3.8, 4) is 0 Å². The summed E-state index contributed by atoms with van der Waals surface area (Å²) in [5.41, 5.74) is 4.03. The minimum absolute atomic E-state index is 0.287. The Morgan fingerprint density at radius 3 is 2.37 bits per heavy atom. The van der Waals surface area contributed by atoms with Gasteiger partial charge < -0.3 is 5.32 Å². The molecular weight excluding hydrogens is 252 g/mol. The molecule has 1 aromatic carbocycles. The van der Waals surface area contributed by atoms with E-state index in [4.69, 9.17) is 0 Å². The first-order valence-corrected chi connectivity index (χ1v) is 7.54. The van der Waals surface area contributed by atoms with Crippen molar-refractivity contribution in [1.29, 1.82) is 0 Å². The Morgan fingerprint density at radius 2 is 1.79 bits per heavy atom. The second-order valence-corrected chi connectivity index (χ2v) is 6.53. The van der Waals surface area contributed by atoms with Crippen molar-refractivity contribution in [2.24, 2.45) is 0 Å². The molecule has 1 aromatic heterocycles. The van der Waals surface area contributed by atoms with Gasteiger partial charge in [0.2, 0.25) is 0 Å². The van der Waals surface area contributed by atoms with Crippen molar-refractivity contribution in [3.63, 3.8) is 0 Å². The third kappa shape index (κ3) is 3.43. The maximum Gasteiger partial charge on any atom is 0.109 e. The van der Waals surface area contributed by atoms with Crippen molar-refractivity contribution in [3.05, 3.63) is 51.0 Å². The molecule has 2 rings (SSSR count). The van der Waals surface area contributed by atoms with Gasteiger partial charge in [-0.05, 0) is 51.3 Å². The number of thiazole rings is 1.